The molecule has 1 aromatic rings. The molecular formula is C27H41N3O2. The van der Waals surface area contributed by atoms with Crippen LogP contribution >= 0.6 is 0 Å². The minimum absolute atomic E-state index is 0.0378. The molecular weight excluding hydrogens is 398 g/mol. The second-order valence-corrected chi connectivity index (χ2v) is 9.10. The van der Waals surface area contributed by atoms with Crippen molar-refractivity contribution in [3.8, 4) is 0 Å². The number of hydrogen-bond donors (Lipinski definition) is 0. The lowest BCUT2D eigenvalue weighted by Gasteiger charge is -2.29. The lowest BCUT2D eigenvalue weighted by Crippen LogP contribution is -2.41. The van der Waals surface area contributed by atoms with Crippen LogP contribution in [0.4, 0.5) is 5.69 Å². The van der Waals surface area contributed by atoms with Gasteiger partial charge in [0, 0.05) is 24.8 Å². The molecule has 1 atom stereocenters. The Morgan fingerprint density at radius 2 is 1.78 bits per heavy atom. The number of aliphatic imine (C=N–C) groups is 1. The third-order valence-corrected chi connectivity index (χ3v) is 6.65. The van der Waals surface area contributed by atoms with Crippen molar-refractivity contribution >= 4 is 23.7 Å². The van der Waals surface area contributed by atoms with Crippen LogP contribution in [0.5, 0.6) is 0 Å². The lowest BCUT2D eigenvalue weighted by molar-refractivity contribution is -0.124. The molecule has 0 aromatic heterocycles. The van der Waals surface area contributed by atoms with Crippen molar-refractivity contribution in [1.29, 1.82) is 0 Å². The first kappa shape index (κ1) is 24.3. The summed E-state index contributed by atoms with van der Waals surface area (Å²) in [7, 11) is 0. The zero-order valence-corrected chi connectivity index (χ0v) is 20.5. The third-order valence-electron chi connectivity index (χ3n) is 6.65. The standard InChI is InChI=1S/C27H41N3O2/c1-5-8-10-13-21(4)28-27-30(24-14-11-9-12-15-24)26(31)25(32-27)20-22-16-18-23(19-17-22)29(6-2)7-3/h16-21,24H,5-15H2,1-4H3/b25-20+,28-27-. The second-order valence-electron chi connectivity index (χ2n) is 9.10. The number of hydrogen-bond acceptors (Lipinski definition) is 4. The number of ether oxygens (including phenoxy) is 1. The summed E-state index contributed by atoms with van der Waals surface area (Å²) in [4.78, 5) is 22.4. The molecule has 5 heteroatoms. The number of amidine groups is 1. The fourth-order valence-corrected chi connectivity index (χ4v) is 4.70. The maximum atomic E-state index is 13.4. The van der Waals surface area contributed by atoms with E-state index in [2.05, 4.69) is 56.9 Å². The van der Waals surface area contributed by atoms with Gasteiger partial charge in [0.25, 0.3) is 5.91 Å². The first-order valence-electron chi connectivity index (χ1n) is 12.7. The normalized spacial score (nSPS) is 20.8. The molecule has 0 spiro atoms. The Kier molecular flexibility index (Phi) is 9.19. The Balaban J connectivity index is 1.81. The first-order chi connectivity index (χ1) is 15.6. The molecule has 2 fully saturated rings. The van der Waals surface area contributed by atoms with Crippen LogP contribution < -0.4 is 4.90 Å². The van der Waals surface area contributed by atoms with Crippen LogP contribution in [0, 0.1) is 0 Å². The van der Waals surface area contributed by atoms with Crippen LogP contribution in [-0.2, 0) is 9.53 Å². The van der Waals surface area contributed by atoms with E-state index in [-0.39, 0.29) is 18.0 Å². The molecule has 1 saturated carbocycles. The molecule has 2 aliphatic rings. The lowest BCUT2D eigenvalue weighted by atomic mass is 9.94. The van der Waals surface area contributed by atoms with E-state index in [0.717, 1.165) is 44.3 Å². The zero-order valence-electron chi connectivity index (χ0n) is 20.5. The molecule has 0 radical (unpaired) electrons. The predicted molar refractivity (Wildman–Crippen MR) is 134 cm³/mol. The fourth-order valence-electron chi connectivity index (χ4n) is 4.70. The van der Waals surface area contributed by atoms with Gasteiger partial charge in [0.05, 0.1) is 6.04 Å². The average Bonchev–Trinajstić information content (AvgIpc) is 3.10. The van der Waals surface area contributed by atoms with E-state index in [1.807, 2.05) is 11.0 Å². The van der Waals surface area contributed by atoms with E-state index < -0.39 is 0 Å². The molecule has 176 valence electrons. The Bertz CT molecular complexity index is 790. The SMILES string of the molecule is CCCCCC(C)/N=C1\O/C(=C/c2ccc(N(CC)CC)cc2)C(=O)N1C1CCCCC1. The minimum Gasteiger partial charge on any atom is -0.420 e. The van der Waals surface area contributed by atoms with Crippen LogP contribution in [0.1, 0.15) is 91.0 Å². The van der Waals surface area contributed by atoms with Gasteiger partial charge in [-0.05, 0) is 63.8 Å². The smallest absolute Gasteiger partial charge is 0.300 e. The van der Waals surface area contributed by atoms with E-state index in [1.165, 1.54) is 37.8 Å². The van der Waals surface area contributed by atoms with Crippen molar-refractivity contribution < 1.29 is 9.53 Å². The summed E-state index contributed by atoms with van der Waals surface area (Å²) in [6.45, 7) is 10.6. The van der Waals surface area contributed by atoms with Crippen molar-refractivity contribution in [1.82, 2.24) is 4.90 Å². The molecule has 0 bridgehead atoms. The third kappa shape index (κ3) is 6.14. The number of benzene rings is 1. The van der Waals surface area contributed by atoms with Gasteiger partial charge < -0.3 is 9.64 Å². The average molecular weight is 440 g/mol. The Labute approximate surface area is 194 Å². The molecule has 1 amide bonds. The van der Waals surface area contributed by atoms with Crippen molar-refractivity contribution in [2.24, 2.45) is 4.99 Å². The van der Waals surface area contributed by atoms with E-state index in [0.29, 0.717) is 11.8 Å². The predicted octanol–water partition coefficient (Wildman–Crippen LogP) is 6.39. The Morgan fingerprint density at radius 1 is 1.09 bits per heavy atom. The largest absolute Gasteiger partial charge is 0.420 e. The molecule has 0 N–H and O–H groups in total. The molecule has 1 saturated heterocycles. The highest BCUT2D eigenvalue weighted by Crippen LogP contribution is 2.30. The maximum Gasteiger partial charge on any atom is 0.300 e. The van der Waals surface area contributed by atoms with Gasteiger partial charge >= 0.3 is 6.02 Å². The Hall–Kier alpha value is -2.30. The number of rotatable bonds is 10. The fraction of sp³-hybridized carbons (Fsp3) is 0.630. The summed E-state index contributed by atoms with van der Waals surface area (Å²) in [5.41, 5.74) is 2.17. The van der Waals surface area contributed by atoms with Crippen molar-refractivity contribution in [3.63, 3.8) is 0 Å². The van der Waals surface area contributed by atoms with Crippen LogP contribution in [0.25, 0.3) is 6.08 Å². The summed E-state index contributed by atoms with van der Waals surface area (Å²) in [5.74, 6) is 0.356. The maximum absolute atomic E-state index is 13.4. The molecule has 1 aromatic carbocycles. The minimum atomic E-state index is -0.0378. The van der Waals surface area contributed by atoms with Crippen molar-refractivity contribution in [2.75, 3.05) is 18.0 Å². The van der Waals surface area contributed by atoms with E-state index >= 15 is 0 Å². The van der Waals surface area contributed by atoms with Gasteiger partial charge in [-0.25, -0.2) is 4.99 Å². The summed E-state index contributed by atoms with van der Waals surface area (Å²) in [6.07, 6.45) is 12.1. The zero-order chi connectivity index (χ0) is 22.9. The summed E-state index contributed by atoms with van der Waals surface area (Å²) in [5, 5.41) is 0. The van der Waals surface area contributed by atoms with Crippen LogP contribution in [0.3, 0.4) is 0 Å². The Morgan fingerprint density at radius 3 is 2.41 bits per heavy atom. The van der Waals surface area contributed by atoms with Gasteiger partial charge in [0.1, 0.15) is 0 Å². The van der Waals surface area contributed by atoms with Gasteiger partial charge in [-0.2, -0.15) is 0 Å². The van der Waals surface area contributed by atoms with Crippen molar-refractivity contribution in [3.05, 3.63) is 35.6 Å². The number of unbranched alkanes of at least 4 members (excludes halogenated alkanes) is 2. The van der Waals surface area contributed by atoms with E-state index in [4.69, 9.17) is 9.73 Å². The molecule has 3 rings (SSSR count). The second kappa shape index (κ2) is 12.1. The molecule has 1 unspecified atom stereocenters. The number of nitrogens with zero attached hydrogens (tertiary/aromatic N) is 3. The van der Waals surface area contributed by atoms with E-state index in [9.17, 15) is 4.79 Å². The number of carbonyl (C=O) groups excluding carboxylic acids is 1. The van der Waals surface area contributed by atoms with Gasteiger partial charge in [-0.3, -0.25) is 9.69 Å². The van der Waals surface area contributed by atoms with E-state index in [1.54, 1.807) is 0 Å². The number of amides is 1. The molecule has 32 heavy (non-hydrogen) atoms. The highest BCUT2D eigenvalue weighted by molar-refractivity contribution is 6.11. The van der Waals surface area contributed by atoms with Gasteiger partial charge in [0.2, 0.25) is 0 Å². The molecule has 5 nitrogen and oxygen atoms in total. The highest BCUT2D eigenvalue weighted by Gasteiger charge is 2.40. The quantitative estimate of drug-likeness (QED) is 0.313. The van der Waals surface area contributed by atoms with Gasteiger partial charge in [-0.15, -0.1) is 0 Å². The number of anilines is 1. The summed E-state index contributed by atoms with van der Waals surface area (Å²) >= 11 is 0. The van der Waals surface area contributed by atoms with Crippen LogP contribution in [-0.4, -0.2) is 42.0 Å². The first-order valence-corrected chi connectivity index (χ1v) is 12.7. The summed E-state index contributed by atoms with van der Waals surface area (Å²) < 4.78 is 6.12. The highest BCUT2D eigenvalue weighted by atomic mass is 16.5. The molecule has 1 aliphatic carbocycles. The summed E-state index contributed by atoms with van der Waals surface area (Å²) in [6, 6.07) is 9.22. The van der Waals surface area contributed by atoms with Gasteiger partial charge in [-0.1, -0.05) is 57.6 Å². The number of carbonyl (C=O) groups is 1. The molecule has 1 heterocycles. The van der Waals surface area contributed by atoms with Gasteiger partial charge in [0.15, 0.2) is 5.76 Å². The van der Waals surface area contributed by atoms with Crippen molar-refractivity contribution in [2.45, 2.75) is 97.6 Å². The topological polar surface area (TPSA) is 45.1 Å². The van der Waals surface area contributed by atoms with Crippen LogP contribution in [0.2, 0.25) is 0 Å². The van der Waals surface area contributed by atoms with Crippen LogP contribution in [0.15, 0.2) is 35.0 Å². The molecule has 1 aliphatic heterocycles. The monoisotopic (exact) mass is 439 g/mol.